The van der Waals surface area contributed by atoms with Gasteiger partial charge in [-0.15, -0.1) is 0 Å². The van der Waals surface area contributed by atoms with Gasteiger partial charge in [0.2, 0.25) is 0 Å². The van der Waals surface area contributed by atoms with E-state index in [1.54, 1.807) is 0 Å². The number of nitrogens with one attached hydrogen (secondary N) is 1. The van der Waals surface area contributed by atoms with Crippen LogP contribution in [0.4, 0.5) is 11.4 Å². The van der Waals surface area contributed by atoms with Crippen LogP contribution in [-0.2, 0) is 4.79 Å². The van der Waals surface area contributed by atoms with E-state index in [1.807, 2.05) is 0 Å². The SMILES string of the molecule is O=C(O)[C@H](CS)Nc1ccc([N+](=O)[O-])cc1. The molecule has 0 aliphatic rings. The number of carboxylic acid groups (broad SMARTS) is 1. The van der Waals surface area contributed by atoms with E-state index in [2.05, 4.69) is 17.9 Å². The van der Waals surface area contributed by atoms with Crippen molar-refractivity contribution >= 4 is 30.0 Å². The molecule has 86 valence electrons. The Kier molecular flexibility index (Phi) is 4.12. The minimum Gasteiger partial charge on any atom is -0.480 e. The predicted octanol–water partition coefficient (Wildman–Crippen LogP) is 1.39. The van der Waals surface area contributed by atoms with Crippen molar-refractivity contribution in [2.45, 2.75) is 6.04 Å². The largest absolute Gasteiger partial charge is 0.480 e. The van der Waals surface area contributed by atoms with Crippen molar-refractivity contribution in [1.29, 1.82) is 0 Å². The van der Waals surface area contributed by atoms with Gasteiger partial charge in [-0.25, -0.2) is 4.79 Å². The Morgan fingerprint density at radius 1 is 1.50 bits per heavy atom. The maximum absolute atomic E-state index is 10.7. The zero-order valence-corrected chi connectivity index (χ0v) is 9.05. The molecule has 0 amide bonds. The Morgan fingerprint density at radius 3 is 2.44 bits per heavy atom. The molecular formula is C9H10N2O4S. The van der Waals surface area contributed by atoms with Gasteiger partial charge < -0.3 is 10.4 Å². The molecule has 1 aromatic carbocycles. The van der Waals surface area contributed by atoms with E-state index in [4.69, 9.17) is 5.11 Å². The fraction of sp³-hybridized carbons (Fsp3) is 0.222. The average molecular weight is 242 g/mol. The topological polar surface area (TPSA) is 92.5 Å². The molecule has 0 radical (unpaired) electrons. The van der Waals surface area contributed by atoms with Gasteiger partial charge in [-0.3, -0.25) is 10.1 Å². The minimum absolute atomic E-state index is 0.0386. The molecule has 0 aliphatic carbocycles. The number of nitro groups is 1. The van der Waals surface area contributed by atoms with E-state index in [0.717, 1.165) is 0 Å². The van der Waals surface area contributed by atoms with Crippen LogP contribution >= 0.6 is 12.6 Å². The molecule has 1 atom stereocenters. The zero-order chi connectivity index (χ0) is 12.1. The van der Waals surface area contributed by atoms with Crippen LogP contribution in [0, 0.1) is 10.1 Å². The summed E-state index contributed by atoms with van der Waals surface area (Å²) in [5.74, 6) is -0.889. The van der Waals surface area contributed by atoms with Crippen LogP contribution in [0.2, 0.25) is 0 Å². The number of non-ortho nitro benzene ring substituents is 1. The Morgan fingerprint density at radius 2 is 2.06 bits per heavy atom. The van der Waals surface area contributed by atoms with Crippen molar-refractivity contribution in [1.82, 2.24) is 0 Å². The molecule has 16 heavy (non-hydrogen) atoms. The van der Waals surface area contributed by atoms with Crippen LogP contribution in [-0.4, -0.2) is 27.8 Å². The molecule has 0 aromatic heterocycles. The van der Waals surface area contributed by atoms with E-state index >= 15 is 0 Å². The van der Waals surface area contributed by atoms with Gasteiger partial charge in [0, 0.05) is 23.6 Å². The van der Waals surface area contributed by atoms with E-state index in [9.17, 15) is 14.9 Å². The molecule has 7 heteroatoms. The second-order valence-corrected chi connectivity index (χ2v) is 3.39. The van der Waals surface area contributed by atoms with E-state index in [-0.39, 0.29) is 11.4 Å². The van der Waals surface area contributed by atoms with Crippen molar-refractivity contribution in [3.8, 4) is 0 Å². The van der Waals surface area contributed by atoms with Crippen LogP contribution in [0.1, 0.15) is 0 Å². The number of aliphatic carboxylic acids is 1. The number of nitro benzene ring substituents is 1. The lowest BCUT2D eigenvalue weighted by molar-refractivity contribution is -0.384. The number of thiol groups is 1. The molecule has 0 heterocycles. The zero-order valence-electron chi connectivity index (χ0n) is 8.16. The van der Waals surface area contributed by atoms with Crippen LogP contribution in [0.25, 0.3) is 0 Å². The number of nitrogens with zero attached hydrogens (tertiary/aromatic N) is 1. The second kappa shape index (κ2) is 5.36. The van der Waals surface area contributed by atoms with Crippen LogP contribution < -0.4 is 5.32 Å². The third-order valence-electron chi connectivity index (χ3n) is 1.90. The highest BCUT2D eigenvalue weighted by molar-refractivity contribution is 7.80. The summed E-state index contributed by atoms with van der Waals surface area (Å²) in [6.45, 7) is 0. The maximum atomic E-state index is 10.7. The minimum atomic E-state index is -1.02. The number of hydrogen-bond donors (Lipinski definition) is 3. The van der Waals surface area contributed by atoms with Gasteiger partial charge in [0.25, 0.3) is 5.69 Å². The predicted molar refractivity (Wildman–Crippen MR) is 62.0 cm³/mol. The highest BCUT2D eigenvalue weighted by Gasteiger charge is 2.15. The van der Waals surface area contributed by atoms with Gasteiger partial charge in [0.05, 0.1) is 4.92 Å². The maximum Gasteiger partial charge on any atom is 0.326 e. The molecule has 0 saturated heterocycles. The summed E-state index contributed by atoms with van der Waals surface area (Å²) in [5.41, 5.74) is 0.468. The highest BCUT2D eigenvalue weighted by Crippen LogP contribution is 2.16. The number of carbonyl (C=O) groups is 1. The molecule has 0 fully saturated rings. The summed E-state index contributed by atoms with van der Waals surface area (Å²) < 4.78 is 0. The third-order valence-corrected chi connectivity index (χ3v) is 2.26. The van der Waals surface area contributed by atoms with Crippen LogP contribution in [0.15, 0.2) is 24.3 Å². The Balaban J connectivity index is 2.75. The smallest absolute Gasteiger partial charge is 0.326 e. The Bertz CT molecular complexity index is 393. The summed E-state index contributed by atoms with van der Waals surface area (Å²) in [7, 11) is 0. The third kappa shape index (κ3) is 3.13. The molecule has 0 unspecified atom stereocenters. The Hall–Kier alpha value is -1.76. The van der Waals surface area contributed by atoms with E-state index in [0.29, 0.717) is 5.69 Å². The monoisotopic (exact) mass is 242 g/mol. The van der Waals surface area contributed by atoms with Gasteiger partial charge >= 0.3 is 5.97 Å². The lowest BCUT2D eigenvalue weighted by Gasteiger charge is -2.12. The molecule has 0 spiro atoms. The highest BCUT2D eigenvalue weighted by atomic mass is 32.1. The summed E-state index contributed by atoms with van der Waals surface area (Å²) in [6, 6.07) is 4.71. The lowest BCUT2D eigenvalue weighted by atomic mass is 10.2. The molecular weight excluding hydrogens is 232 g/mol. The van der Waals surface area contributed by atoms with E-state index in [1.165, 1.54) is 24.3 Å². The van der Waals surface area contributed by atoms with Gasteiger partial charge in [-0.1, -0.05) is 0 Å². The van der Waals surface area contributed by atoms with Crippen molar-refractivity contribution in [2.75, 3.05) is 11.1 Å². The molecule has 0 aliphatic heterocycles. The van der Waals surface area contributed by atoms with Crippen LogP contribution in [0.5, 0.6) is 0 Å². The first-order valence-electron chi connectivity index (χ1n) is 4.39. The first-order valence-corrected chi connectivity index (χ1v) is 5.02. The van der Waals surface area contributed by atoms with Gasteiger partial charge in [0.1, 0.15) is 6.04 Å². The summed E-state index contributed by atoms with van der Waals surface area (Å²) in [4.78, 5) is 20.6. The summed E-state index contributed by atoms with van der Waals surface area (Å²) in [6.07, 6.45) is 0. The van der Waals surface area contributed by atoms with Gasteiger partial charge in [0.15, 0.2) is 0 Å². The number of carboxylic acids is 1. The van der Waals surface area contributed by atoms with Crippen molar-refractivity contribution < 1.29 is 14.8 Å². The number of rotatable bonds is 5. The second-order valence-electron chi connectivity index (χ2n) is 3.02. The fourth-order valence-electron chi connectivity index (χ4n) is 1.07. The summed E-state index contributed by atoms with van der Waals surface area (Å²) in [5, 5.41) is 21.8. The Labute approximate surface area is 96.8 Å². The molecule has 2 N–H and O–H groups in total. The molecule has 6 nitrogen and oxygen atoms in total. The molecule has 0 saturated carbocycles. The first kappa shape index (κ1) is 12.3. The normalized spacial score (nSPS) is 11.8. The molecule has 1 rings (SSSR count). The average Bonchev–Trinajstić information content (AvgIpc) is 2.26. The van der Waals surface area contributed by atoms with Gasteiger partial charge in [-0.2, -0.15) is 12.6 Å². The number of hydrogen-bond acceptors (Lipinski definition) is 5. The van der Waals surface area contributed by atoms with Gasteiger partial charge in [-0.05, 0) is 12.1 Å². The standard InChI is InChI=1S/C9H10N2O4S/c12-9(13)8(5-16)10-6-1-3-7(4-2-6)11(14)15/h1-4,8,10,16H,5H2,(H,12,13)/t8-/m0/s1. The van der Waals surface area contributed by atoms with Crippen LogP contribution in [0.3, 0.4) is 0 Å². The number of benzene rings is 1. The lowest BCUT2D eigenvalue weighted by Crippen LogP contribution is -2.30. The number of anilines is 1. The molecule has 1 aromatic rings. The quantitative estimate of drug-likeness (QED) is 0.412. The van der Waals surface area contributed by atoms with Crippen molar-refractivity contribution in [3.05, 3.63) is 34.4 Å². The molecule has 0 bridgehead atoms. The van der Waals surface area contributed by atoms with Crippen molar-refractivity contribution in [2.24, 2.45) is 0 Å². The summed E-state index contributed by atoms with van der Waals surface area (Å²) >= 11 is 3.89. The van der Waals surface area contributed by atoms with E-state index < -0.39 is 16.9 Å². The fourth-order valence-corrected chi connectivity index (χ4v) is 1.31. The van der Waals surface area contributed by atoms with Crippen molar-refractivity contribution in [3.63, 3.8) is 0 Å². The first-order chi connectivity index (χ1) is 7.54.